The molecule has 0 saturated carbocycles. The summed E-state index contributed by atoms with van der Waals surface area (Å²) in [5, 5.41) is 0. The van der Waals surface area contributed by atoms with E-state index in [-0.39, 0.29) is 17.9 Å². The first-order valence-electron chi connectivity index (χ1n) is 7.81. The van der Waals surface area contributed by atoms with E-state index < -0.39 is 10.1 Å². The van der Waals surface area contributed by atoms with Gasteiger partial charge in [0.05, 0.1) is 12.4 Å². The fraction of sp³-hybridized carbons (Fsp3) is 0.562. The van der Waals surface area contributed by atoms with Crippen LogP contribution in [0.25, 0.3) is 0 Å². The summed E-state index contributed by atoms with van der Waals surface area (Å²) >= 11 is 0. The molecule has 2 rings (SSSR count). The van der Waals surface area contributed by atoms with E-state index in [1.807, 2.05) is 0 Å². The first-order valence-corrected chi connectivity index (χ1v) is 9.62. The van der Waals surface area contributed by atoms with Gasteiger partial charge in [-0.15, -0.1) is 0 Å². The van der Waals surface area contributed by atoms with Crippen molar-refractivity contribution >= 4 is 16.1 Å². The van der Waals surface area contributed by atoms with Gasteiger partial charge in [-0.25, -0.2) is 4.79 Å². The SMILES string of the molecule is CN(C)C(=O)N(Cc1ccc(OS(C)(=O)=O)cc1)C[C@@H]1CCCO1. The van der Waals surface area contributed by atoms with Gasteiger partial charge in [-0.3, -0.25) is 0 Å². The Bertz CT molecular complexity index is 652. The van der Waals surface area contributed by atoms with Crippen LogP contribution < -0.4 is 4.18 Å². The fourth-order valence-corrected chi connectivity index (χ4v) is 3.03. The third-order valence-electron chi connectivity index (χ3n) is 3.65. The maximum absolute atomic E-state index is 12.4. The van der Waals surface area contributed by atoms with Crippen molar-refractivity contribution in [2.75, 3.05) is 33.5 Å². The summed E-state index contributed by atoms with van der Waals surface area (Å²) in [6.45, 7) is 1.71. The number of hydrogen-bond acceptors (Lipinski definition) is 5. The van der Waals surface area contributed by atoms with Crippen molar-refractivity contribution in [1.29, 1.82) is 0 Å². The summed E-state index contributed by atoms with van der Waals surface area (Å²) in [5.41, 5.74) is 0.893. The Balaban J connectivity index is 2.06. The second-order valence-corrected chi connectivity index (χ2v) is 7.70. The second-order valence-electron chi connectivity index (χ2n) is 6.12. The summed E-state index contributed by atoms with van der Waals surface area (Å²) in [6, 6.07) is 6.60. The first-order chi connectivity index (χ1) is 11.2. The first kappa shape index (κ1) is 18.5. The molecule has 0 aromatic heterocycles. The topological polar surface area (TPSA) is 76.2 Å². The molecule has 1 aliphatic heterocycles. The van der Waals surface area contributed by atoms with Crippen molar-refractivity contribution in [3.05, 3.63) is 29.8 Å². The molecule has 0 N–H and O–H groups in total. The van der Waals surface area contributed by atoms with Crippen molar-refractivity contribution < 1.29 is 22.1 Å². The highest BCUT2D eigenvalue weighted by Gasteiger charge is 2.23. The molecular formula is C16H24N2O5S. The molecule has 1 aliphatic rings. The summed E-state index contributed by atoms with van der Waals surface area (Å²) in [5.74, 6) is 0.255. The van der Waals surface area contributed by atoms with Gasteiger partial charge >= 0.3 is 16.1 Å². The van der Waals surface area contributed by atoms with E-state index in [2.05, 4.69) is 0 Å². The summed E-state index contributed by atoms with van der Waals surface area (Å²) < 4.78 is 32.7. The van der Waals surface area contributed by atoms with Crippen LogP contribution in [0, 0.1) is 0 Å². The van der Waals surface area contributed by atoms with Gasteiger partial charge in [0, 0.05) is 33.8 Å². The molecule has 0 unspecified atom stereocenters. The van der Waals surface area contributed by atoms with Crippen molar-refractivity contribution in [1.82, 2.24) is 9.80 Å². The van der Waals surface area contributed by atoms with Gasteiger partial charge in [-0.2, -0.15) is 8.42 Å². The average Bonchev–Trinajstić information content (AvgIpc) is 2.99. The van der Waals surface area contributed by atoms with Crippen LogP contribution in [0.2, 0.25) is 0 Å². The quantitative estimate of drug-likeness (QED) is 0.725. The lowest BCUT2D eigenvalue weighted by Gasteiger charge is -2.28. The highest BCUT2D eigenvalue weighted by atomic mass is 32.2. The minimum Gasteiger partial charge on any atom is -0.383 e. The Hall–Kier alpha value is -1.80. The van der Waals surface area contributed by atoms with Crippen LogP contribution >= 0.6 is 0 Å². The minimum atomic E-state index is -3.54. The normalized spacial score (nSPS) is 17.5. The maximum atomic E-state index is 12.4. The zero-order valence-electron chi connectivity index (χ0n) is 14.3. The number of rotatable bonds is 6. The number of carbonyl (C=O) groups excluding carboxylic acids is 1. The number of benzene rings is 1. The number of amides is 2. The van der Waals surface area contributed by atoms with Crippen molar-refractivity contribution in [3.63, 3.8) is 0 Å². The Labute approximate surface area is 143 Å². The van der Waals surface area contributed by atoms with Gasteiger partial charge in [0.2, 0.25) is 0 Å². The molecule has 1 fully saturated rings. The molecule has 7 nitrogen and oxygen atoms in total. The zero-order valence-corrected chi connectivity index (χ0v) is 15.1. The van der Waals surface area contributed by atoms with Gasteiger partial charge in [0.15, 0.2) is 0 Å². The summed E-state index contributed by atoms with van der Waals surface area (Å²) in [4.78, 5) is 15.7. The monoisotopic (exact) mass is 356 g/mol. The van der Waals surface area contributed by atoms with E-state index in [4.69, 9.17) is 8.92 Å². The lowest BCUT2D eigenvalue weighted by atomic mass is 10.2. The molecule has 1 saturated heterocycles. The Morgan fingerprint density at radius 2 is 1.96 bits per heavy atom. The number of carbonyl (C=O) groups is 1. The van der Waals surface area contributed by atoms with Gasteiger partial charge in [-0.05, 0) is 30.5 Å². The molecule has 0 bridgehead atoms. The van der Waals surface area contributed by atoms with Crippen molar-refractivity contribution in [3.8, 4) is 5.75 Å². The molecule has 1 heterocycles. The van der Waals surface area contributed by atoms with Gasteiger partial charge in [0.1, 0.15) is 5.75 Å². The van der Waals surface area contributed by atoms with Crippen LogP contribution in [0.5, 0.6) is 5.75 Å². The highest BCUT2D eigenvalue weighted by molar-refractivity contribution is 7.86. The number of nitrogens with zero attached hydrogens (tertiary/aromatic N) is 2. The van der Waals surface area contributed by atoms with E-state index in [0.29, 0.717) is 13.1 Å². The number of urea groups is 1. The van der Waals surface area contributed by atoms with Gasteiger partial charge < -0.3 is 18.7 Å². The Morgan fingerprint density at radius 3 is 2.46 bits per heavy atom. The third kappa shape index (κ3) is 5.68. The van der Waals surface area contributed by atoms with Crippen LogP contribution in [0.4, 0.5) is 4.79 Å². The molecule has 1 atom stereocenters. The predicted octanol–water partition coefficient (Wildman–Crippen LogP) is 1.69. The highest BCUT2D eigenvalue weighted by Crippen LogP contribution is 2.18. The van der Waals surface area contributed by atoms with E-state index in [9.17, 15) is 13.2 Å². The van der Waals surface area contributed by atoms with Crippen molar-refractivity contribution in [2.24, 2.45) is 0 Å². The lowest BCUT2D eigenvalue weighted by Crippen LogP contribution is -2.42. The van der Waals surface area contributed by atoms with Crippen LogP contribution in [0.3, 0.4) is 0 Å². The van der Waals surface area contributed by atoms with Crippen LogP contribution in [0.1, 0.15) is 18.4 Å². The van der Waals surface area contributed by atoms with Crippen LogP contribution in [0.15, 0.2) is 24.3 Å². The van der Waals surface area contributed by atoms with Gasteiger partial charge in [-0.1, -0.05) is 12.1 Å². The maximum Gasteiger partial charge on any atom is 0.319 e. The lowest BCUT2D eigenvalue weighted by molar-refractivity contribution is 0.0743. The molecule has 8 heteroatoms. The fourth-order valence-electron chi connectivity index (χ4n) is 2.57. The molecule has 0 radical (unpaired) electrons. The largest absolute Gasteiger partial charge is 0.383 e. The molecular weight excluding hydrogens is 332 g/mol. The smallest absolute Gasteiger partial charge is 0.319 e. The molecule has 2 amide bonds. The minimum absolute atomic E-state index is 0.0711. The Morgan fingerprint density at radius 1 is 1.29 bits per heavy atom. The standard InChI is InChI=1S/C16H24N2O5S/c1-17(2)16(19)18(12-15-5-4-10-22-15)11-13-6-8-14(9-7-13)23-24(3,20)21/h6-9,15H,4-5,10-12H2,1-3H3/t15-/m0/s1. The molecule has 134 valence electrons. The summed E-state index contributed by atoms with van der Waals surface area (Å²) in [7, 11) is -0.109. The second kappa shape index (κ2) is 7.85. The molecule has 1 aromatic rings. The zero-order chi connectivity index (χ0) is 17.7. The molecule has 0 aliphatic carbocycles. The summed E-state index contributed by atoms with van der Waals surface area (Å²) in [6.07, 6.45) is 3.05. The van der Waals surface area contributed by atoms with Crippen LogP contribution in [-0.4, -0.2) is 63.9 Å². The average molecular weight is 356 g/mol. The van der Waals surface area contributed by atoms with E-state index in [1.165, 1.54) is 4.90 Å². The number of hydrogen-bond donors (Lipinski definition) is 0. The Kier molecular flexibility index (Phi) is 6.06. The van der Waals surface area contributed by atoms with E-state index in [1.54, 1.807) is 43.3 Å². The van der Waals surface area contributed by atoms with Crippen LogP contribution in [-0.2, 0) is 21.4 Å². The molecule has 0 spiro atoms. The third-order valence-corrected chi connectivity index (χ3v) is 4.14. The van der Waals surface area contributed by atoms with E-state index >= 15 is 0 Å². The molecule has 24 heavy (non-hydrogen) atoms. The van der Waals surface area contributed by atoms with E-state index in [0.717, 1.165) is 31.3 Å². The predicted molar refractivity (Wildman–Crippen MR) is 90.4 cm³/mol. The van der Waals surface area contributed by atoms with Crippen molar-refractivity contribution in [2.45, 2.75) is 25.5 Å². The number of ether oxygens (including phenoxy) is 1. The van der Waals surface area contributed by atoms with Gasteiger partial charge in [0.25, 0.3) is 0 Å². The molecule has 1 aromatic carbocycles.